The van der Waals surface area contributed by atoms with Crippen molar-refractivity contribution in [3.8, 4) is 0 Å². The maximum atomic E-state index is 5.70. The summed E-state index contributed by atoms with van der Waals surface area (Å²) in [5.74, 6) is 2.49. The van der Waals surface area contributed by atoms with Gasteiger partial charge in [0.25, 0.3) is 0 Å². The molecule has 1 unspecified atom stereocenters. The molecule has 154 valence electrons. The van der Waals surface area contributed by atoms with Crippen molar-refractivity contribution in [2.24, 2.45) is 12.0 Å². The zero-order chi connectivity index (χ0) is 19.3. The van der Waals surface area contributed by atoms with E-state index in [-0.39, 0.29) is 6.10 Å². The average Bonchev–Trinajstić information content (AvgIpc) is 3.30. The largest absolute Gasteiger partial charge is 0.385 e. The summed E-state index contributed by atoms with van der Waals surface area (Å²) in [6, 6.07) is 0. The molecule has 0 radical (unpaired) electrons. The van der Waals surface area contributed by atoms with E-state index in [0.717, 1.165) is 69.6 Å². The zero-order valence-corrected chi connectivity index (χ0v) is 16.9. The molecule has 1 atom stereocenters. The highest BCUT2D eigenvalue weighted by Crippen LogP contribution is 2.11. The van der Waals surface area contributed by atoms with Crippen LogP contribution in [0.25, 0.3) is 0 Å². The van der Waals surface area contributed by atoms with Gasteiger partial charge in [-0.2, -0.15) is 0 Å². The van der Waals surface area contributed by atoms with E-state index in [2.05, 4.69) is 25.8 Å². The molecule has 1 fully saturated rings. The molecule has 2 heterocycles. The highest BCUT2D eigenvalue weighted by Gasteiger charge is 2.14. The van der Waals surface area contributed by atoms with Crippen molar-refractivity contribution in [1.82, 2.24) is 25.4 Å². The third-order valence-electron chi connectivity index (χ3n) is 4.46. The van der Waals surface area contributed by atoms with Gasteiger partial charge in [-0.1, -0.05) is 0 Å². The summed E-state index contributed by atoms with van der Waals surface area (Å²) in [7, 11) is 3.66. The summed E-state index contributed by atoms with van der Waals surface area (Å²) in [6.45, 7) is 7.00. The quantitative estimate of drug-likeness (QED) is 0.313. The number of hydrogen-bond acceptors (Lipinski definition) is 6. The minimum atomic E-state index is 0.285. The molecule has 1 aromatic rings. The molecule has 0 aromatic carbocycles. The van der Waals surface area contributed by atoms with Gasteiger partial charge >= 0.3 is 0 Å². The fourth-order valence-electron chi connectivity index (χ4n) is 2.71. The van der Waals surface area contributed by atoms with Crippen LogP contribution in [0.4, 0.5) is 0 Å². The van der Waals surface area contributed by atoms with E-state index in [9.17, 15) is 0 Å². The molecular weight excluding hydrogens is 348 g/mol. The number of hydrogen-bond donors (Lipinski definition) is 2. The van der Waals surface area contributed by atoms with Crippen LogP contribution in [0.3, 0.4) is 0 Å². The van der Waals surface area contributed by atoms with Crippen LogP contribution in [-0.4, -0.2) is 73.5 Å². The first-order valence-corrected chi connectivity index (χ1v) is 9.76. The van der Waals surface area contributed by atoms with E-state index in [4.69, 9.17) is 14.2 Å². The predicted octanol–water partition coefficient (Wildman–Crippen LogP) is 0.781. The number of guanidine groups is 1. The summed E-state index contributed by atoms with van der Waals surface area (Å²) in [5.41, 5.74) is 0. The van der Waals surface area contributed by atoms with Crippen molar-refractivity contribution in [1.29, 1.82) is 0 Å². The molecule has 0 saturated carbocycles. The summed E-state index contributed by atoms with van der Waals surface area (Å²) in [6.07, 6.45) is 4.38. The highest BCUT2D eigenvalue weighted by molar-refractivity contribution is 5.79. The molecule has 0 amide bonds. The topological polar surface area (TPSA) is 94.8 Å². The van der Waals surface area contributed by atoms with Gasteiger partial charge in [-0.15, -0.1) is 10.2 Å². The monoisotopic (exact) mass is 382 g/mol. The second kappa shape index (κ2) is 12.6. The molecule has 1 aliphatic heterocycles. The van der Waals surface area contributed by atoms with E-state index >= 15 is 0 Å². The van der Waals surface area contributed by atoms with Crippen LogP contribution in [0.1, 0.15) is 37.3 Å². The number of methoxy groups -OCH3 is 1. The standard InChI is InChI=1S/C18H34N6O3/c1-15-22-23-17(24(15)2)13-21-18(19-8-5-10-25-3)20-9-6-11-26-14-16-7-4-12-27-16/h16H,4-14H2,1-3H3,(H2,19,20,21). The van der Waals surface area contributed by atoms with Gasteiger partial charge in [0, 0.05) is 47.1 Å². The van der Waals surface area contributed by atoms with Crippen LogP contribution in [-0.2, 0) is 27.8 Å². The Bertz CT molecular complexity index is 557. The lowest BCUT2D eigenvalue weighted by molar-refractivity contribution is 0.0168. The predicted molar refractivity (Wildman–Crippen MR) is 104 cm³/mol. The van der Waals surface area contributed by atoms with Crippen LogP contribution < -0.4 is 10.6 Å². The Balaban J connectivity index is 1.69. The Hall–Kier alpha value is -1.71. The molecule has 0 aliphatic carbocycles. The van der Waals surface area contributed by atoms with Gasteiger partial charge in [0.1, 0.15) is 12.4 Å². The number of aliphatic imine (C=N–C) groups is 1. The number of ether oxygens (including phenoxy) is 3. The fourth-order valence-corrected chi connectivity index (χ4v) is 2.71. The molecule has 9 nitrogen and oxygen atoms in total. The van der Waals surface area contributed by atoms with Crippen LogP contribution in [0.2, 0.25) is 0 Å². The molecule has 1 aliphatic rings. The minimum absolute atomic E-state index is 0.285. The summed E-state index contributed by atoms with van der Waals surface area (Å²) in [5, 5.41) is 14.9. The first-order chi connectivity index (χ1) is 13.2. The molecule has 2 N–H and O–H groups in total. The third kappa shape index (κ3) is 8.23. The Kier molecular flexibility index (Phi) is 10.1. The lowest BCUT2D eigenvalue weighted by Crippen LogP contribution is -2.39. The maximum Gasteiger partial charge on any atom is 0.191 e. The average molecular weight is 383 g/mol. The van der Waals surface area contributed by atoms with Gasteiger partial charge in [-0.3, -0.25) is 0 Å². The lowest BCUT2D eigenvalue weighted by atomic mass is 10.2. The second-order valence-electron chi connectivity index (χ2n) is 6.65. The van der Waals surface area contributed by atoms with Crippen LogP contribution in [0.5, 0.6) is 0 Å². The molecule has 0 spiro atoms. The second-order valence-corrected chi connectivity index (χ2v) is 6.65. The van der Waals surface area contributed by atoms with E-state index < -0.39 is 0 Å². The van der Waals surface area contributed by atoms with Crippen LogP contribution in [0.15, 0.2) is 4.99 Å². The summed E-state index contributed by atoms with van der Waals surface area (Å²) >= 11 is 0. The Morgan fingerprint density at radius 3 is 2.67 bits per heavy atom. The number of nitrogens with one attached hydrogen (secondary N) is 2. The molecule has 1 aromatic heterocycles. The molecule has 9 heteroatoms. The first-order valence-electron chi connectivity index (χ1n) is 9.76. The Labute approximate surface area is 161 Å². The smallest absolute Gasteiger partial charge is 0.191 e. The van der Waals surface area contributed by atoms with E-state index in [0.29, 0.717) is 19.8 Å². The lowest BCUT2D eigenvalue weighted by Gasteiger charge is -2.13. The minimum Gasteiger partial charge on any atom is -0.385 e. The van der Waals surface area contributed by atoms with Crippen molar-refractivity contribution in [2.75, 3.05) is 46.6 Å². The van der Waals surface area contributed by atoms with Crippen LogP contribution >= 0.6 is 0 Å². The van der Waals surface area contributed by atoms with Crippen molar-refractivity contribution in [2.45, 2.75) is 45.3 Å². The van der Waals surface area contributed by atoms with Crippen molar-refractivity contribution < 1.29 is 14.2 Å². The van der Waals surface area contributed by atoms with Gasteiger partial charge in [0.2, 0.25) is 0 Å². The van der Waals surface area contributed by atoms with E-state index in [1.807, 2.05) is 18.5 Å². The number of aryl methyl sites for hydroxylation is 1. The Morgan fingerprint density at radius 2 is 2.04 bits per heavy atom. The summed E-state index contributed by atoms with van der Waals surface area (Å²) in [4.78, 5) is 4.62. The fraction of sp³-hybridized carbons (Fsp3) is 0.833. The number of rotatable bonds is 12. The zero-order valence-electron chi connectivity index (χ0n) is 16.9. The molecule has 1 saturated heterocycles. The van der Waals surface area contributed by atoms with E-state index in [1.54, 1.807) is 7.11 Å². The van der Waals surface area contributed by atoms with Crippen LogP contribution in [0, 0.1) is 6.92 Å². The van der Waals surface area contributed by atoms with Gasteiger partial charge in [-0.05, 0) is 32.6 Å². The SMILES string of the molecule is COCCCNC(=NCc1nnc(C)n1C)NCCCOCC1CCCO1. The number of aromatic nitrogens is 3. The van der Waals surface area contributed by atoms with Gasteiger partial charge < -0.3 is 29.4 Å². The first kappa shape index (κ1) is 21.6. The normalized spacial score (nSPS) is 17.4. The Morgan fingerprint density at radius 1 is 1.26 bits per heavy atom. The van der Waals surface area contributed by atoms with Gasteiger partial charge in [0.15, 0.2) is 11.8 Å². The van der Waals surface area contributed by atoms with Crippen molar-refractivity contribution in [3.63, 3.8) is 0 Å². The number of nitrogens with zero attached hydrogens (tertiary/aromatic N) is 4. The van der Waals surface area contributed by atoms with E-state index in [1.165, 1.54) is 0 Å². The molecule has 0 bridgehead atoms. The summed E-state index contributed by atoms with van der Waals surface area (Å²) < 4.78 is 18.3. The highest BCUT2D eigenvalue weighted by atomic mass is 16.5. The third-order valence-corrected chi connectivity index (χ3v) is 4.46. The molecule has 2 rings (SSSR count). The van der Waals surface area contributed by atoms with Gasteiger partial charge in [0.05, 0.1) is 12.7 Å². The van der Waals surface area contributed by atoms with Crippen molar-refractivity contribution in [3.05, 3.63) is 11.6 Å². The maximum absolute atomic E-state index is 5.70. The van der Waals surface area contributed by atoms with Gasteiger partial charge in [-0.25, -0.2) is 4.99 Å². The molecular formula is C18H34N6O3. The van der Waals surface area contributed by atoms with Crippen molar-refractivity contribution >= 4 is 5.96 Å². The molecule has 27 heavy (non-hydrogen) atoms.